The number of nitrogens with two attached hydrogens (primary N) is 1. The number of hydrogen-bond acceptors (Lipinski definition) is 7. The number of aromatic amines is 1. The number of fused-ring (bicyclic) bond motifs is 1. The second kappa shape index (κ2) is 18.7. The molecule has 1 aliphatic rings. The summed E-state index contributed by atoms with van der Waals surface area (Å²) in [4.78, 5) is 85.4. The number of aromatic nitrogens is 1. The Morgan fingerprint density at radius 3 is 2.45 bits per heavy atom. The molecule has 0 aliphatic carbocycles. The van der Waals surface area contributed by atoms with Gasteiger partial charge in [0.1, 0.15) is 12.1 Å². The molecule has 1 saturated heterocycles. The van der Waals surface area contributed by atoms with E-state index in [2.05, 4.69) is 15.6 Å². The number of benzene rings is 2. The van der Waals surface area contributed by atoms with Gasteiger partial charge in [0.2, 0.25) is 17.7 Å². The van der Waals surface area contributed by atoms with E-state index < -0.39 is 42.0 Å². The maximum Gasteiger partial charge on any atom is 0.312 e. The third kappa shape index (κ3) is 10.6. The van der Waals surface area contributed by atoms with Gasteiger partial charge < -0.3 is 35.9 Å². The lowest BCUT2D eigenvalue weighted by atomic mass is 9.91. The van der Waals surface area contributed by atoms with Crippen molar-refractivity contribution >= 4 is 46.4 Å². The smallest absolute Gasteiger partial charge is 0.312 e. The number of para-hydroxylation sites is 1. The van der Waals surface area contributed by atoms with Crippen molar-refractivity contribution in [2.45, 2.75) is 83.3 Å². The summed E-state index contributed by atoms with van der Waals surface area (Å²) in [6, 6.07) is 13.7. The zero-order chi connectivity index (χ0) is 36.9. The standard InChI is InChI=1S/C38H50N6O7/c1-4-51-37(49)27(15-12-19-40-38(39)50)23-34(46)31(22-28-24-41-30-17-9-8-16-29(28)30)42-35(47)32-18-10-11-20-44(32)36(48)33(43(3)25(2)45)21-26-13-6-5-7-14-26/h5-9,13-14,16-17,24,27,31-33,41H,4,10-12,15,18-23H2,1-3H3,(H,42,47)(H3,39,40,50)/t27-,31+,32+,33+/m1/s1. The Bertz CT molecular complexity index is 1680. The number of likely N-dealkylation sites (tertiary alicyclic amines) is 1. The van der Waals surface area contributed by atoms with E-state index in [0.717, 1.165) is 22.0 Å². The highest BCUT2D eigenvalue weighted by atomic mass is 16.5. The molecule has 13 heteroatoms. The monoisotopic (exact) mass is 702 g/mol. The van der Waals surface area contributed by atoms with Gasteiger partial charge in [0.25, 0.3) is 0 Å². The maximum atomic E-state index is 14.2. The molecule has 0 saturated carbocycles. The Kier molecular flexibility index (Phi) is 14.2. The molecule has 0 unspecified atom stereocenters. The topological polar surface area (TPSA) is 184 Å². The number of H-pyrrole nitrogens is 1. The minimum atomic E-state index is -1.02. The van der Waals surface area contributed by atoms with Gasteiger partial charge >= 0.3 is 12.0 Å². The number of Topliss-reactive ketones (excluding diaryl/α,β-unsaturated/α-hetero) is 1. The average Bonchev–Trinajstić information content (AvgIpc) is 3.53. The number of esters is 1. The van der Waals surface area contributed by atoms with Crippen LogP contribution in [-0.4, -0.2) is 95.2 Å². The maximum absolute atomic E-state index is 14.2. The first kappa shape index (κ1) is 38.6. The Balaban J connectivity index is 1.59. The van der Waals surface area contributed by atoms with Gasteiger partial charge in [-0.15, -0.1) is 0 Å². The molecule has 51 heavy (non-hydrogen) atoms. The second-order valence-electron chi connectivity index (χ2n) is 13.1. The highest BCUT2D eigenvalue weighted by molar-refractivity contribution is 5.96. The fourth-order valence-electron chi connectivity index (χ4n) is 6.65. The summed E-state index contributed by atoms with van der Waals surface area (Å²) in [5, 5.41) is 6.36. The van der Waals surface area contributed by atoms with E-state index in [9.17, 15) is 28.8 Å². The number of nitrogens with zero attached hydrogens (tertiary/aromatic N) is 2. The van der Waals surface area contributed by atoms with Crippen molar-refractivity contribution in [3.05, 3.63) is 71.9 Å². The molecule has 3 aromatic rings. The van der Waals surface area contributed by atoms with Crippen LogP contribution in [0.5, 0.6) is 0 Å². The van der Waals surface area contributed by atoms with E-state index in [1.54, 1.807) is 25.1 Å². The summed E-state index contributed by atoms with van der Waals surface area (Å²) in [7, 11) is 1.59. The van der Waals surface area contributed by atoms with E-state index in [1.807, 2.05) is 54.6 Å². The number of ketones is 1. The summed E-state index contributed by atoms with van der Waals surface area (Å²) in [6.07, 6.45) is 4.49. The molecule has 5 amide bonds. The minimum absolute atomic E-state index is 0.133. The van der Waals surface area contributed by atoms with Gasteiger partial charge in [-0.05, 0) is 56.2 Å². The molecule has 13 nitrogen and oxygen atoms in total. The molecule has 1 aliphatic heterocycles. The minimum Gasteiger partial charge on any atom is -0.466 e. The van der Waals surface area contributed by atoms with Crippen molar-refractivity contribution < 1.29 is 33.5 Å². The third-order valence-electron chi connectivity index (χ3n) is 9.51. The van der Waals surface area contributed by atoms with E-state index in [-0.39, 0.29) is 56.4 Å². The normalized spacial score (nSPS) is 16.1. The van der Waals surface area contributed by atoms with Crippen LogP contribution in [0.4, 0.5) is 4.79 Å². The molecular weight excluding hydrogens is 652 g/mol. The Morgan fingerprint density at radius 1 is 1.02 bits per heavy atom. The number of hydrogen-bond donors (Lipinski definition) is 4. The molecule has 1 aromatic heterocycles. The van der Waals surface area contributed by atoms with E-state index >= 15 is 0 Å². The number of carbonyl (C=O) groups excluding carboxylic acids is 6. The number of piperidine rings is 1. The summed E-state index contributed by atoms with van der Waals surface area (Å²) in [5.41, 5.74) is 7.74. The third-order valence-corrected chi connectivity index (χ3v) is 9.51. The van der Waals surface area contributed by atoms with E-state index in [1.165, 1.54) is 11.8 Å². The summed E-state index contributed by atoms with van der Waals surface area (Å²) < 4.78 is 5.28. The molecule has 4 atom stereocenters. The lowest BCUT2D eigenvalue weighted by molar-refractivity contribution is -0.150. The van der Waals surface area contributed by atoms with Crippen LogP contribution in [0.1, 0.15) is 63.5 Å². The molecular formula is C38H50N6O7. The molecule has 0 radical (unpaired) electrons. The van der Waals surface area contributed by atoms with Crippen LogP contribution in [0.3, 0.4) is 0 Å². The number of rotatable bonds is 17. The Morgan fingerprint density at radius 2 is 1.75 bits per heavy atom. The number of nitrogens with one attached hydrogen (secondary N) is 3. The van der Waals surface area contributed by atoms with Crippen molar-refractivity contribution in [3.8, 4) is 0 Å². The molecule has 1 fully saturated rings. The highest BCUT2D eigenvalue weighted by Crippen LogP contribution is 2.24. The highest BCUT2D eigenvalue weighted by Gasteiger charge is 2.39. The molecule has 2 heterocycles. The molecule has 5 N–H and O–H groups in total. The van der Waals surface area contributed by atoms with Crippen LogP contribution < -0.4 is 16.4 Å². The summed E-state index contributed by atoms with van der Waals surface area (Å²) >= 11 is 0. The summed E-state index contributed by atoms with van der Waals surface area (Å²) in [6.45, 7) is 3.78. The first-order chi connectivity index (χ1) is 24.5. The van der Waals surface area contributed by atoms with Crippen LogP contribution in [-0.2, 0) is 41.6 Å². The largest absolute Gasteiger partial charge is 0.466 e. The zero-order valence-electron chi connectivity index (χ0n) is 29.7. The first-order valence-electron chi connectivity index (χ1n) is 17.7. The number of likely N-dealkylation sites (N-methyl/N-ethyl adjacent to an activating group) is 1. The fourth-order valence-corrected chi connectivity index (χ4v) is 6.65. The van der Waals surface area contributed by atoms with E-state index in [0.29, 0.717) is 32.2 Å². The molecule has 0 bridgehead atoms. The Labute approximate surface area is 298 Å². The SMILES string of the molecule is CCOC(=O)[C@H](CCCNC(N)=O)CC(=O)[C@H](Cc1c[nH]c2ccccc12)NC(=O)[C@@H]1CCCCN1C(=O)[C@H](Cc1ccccc1)N(C)C(C)=O. The van der Waals surface area contributed by atoms with Gasteiger partial charge in [-0.3, -0.25) is 24.0 Å². The van der Waals surface area contributed by atoms with Crippen LogP contribution in [0.2, 0.25) is 0 Å². The lowest BCUT2D eigenvalue weighted by Gasteiger charge is -2.39. The van der Waals surface area contributed by atoms with Gasteiger partial charge in [0.05, 0.1) is 18.6 Å². The fraction of sp³-hybridized carbons (Fsp3) is 0.474. The van der Waals surface area contributed by atoms with Gasteiger partial charge in [0.15, 0.2) is 5.78 Å². The predicted molar refractivity (Wildman–Crippen MR) is 192 cm³/mol. The van der Waals surface area contributed by atoms with Gasteiger partial charge in [-0.2, -0.15) is 0 Å². The number of ether oxygens (including phenoxy) is 1. The predicted octanol–water partition coefficient (Wildman–Crippen LogP) is 3.25. The Hall–Kier alpha value is -5.20. The lowest BCUT2D eigenvalue weighted by Crippen LogP contribution is -2.59. The zero-order valence-corrected chi connectivity index (χ0v) is 29.7. The number of urea groups is 1. The van der Waals surface area contributed by atoms with Gasteiger partial charge in [0, 0.05) is 63.4 Å². The summed E-state index contributed by atoms with van der Waals surface area (Å²) in [5.74, 6) is -2.77. The van der Waals surface area contributed by atoms with Crippen LogP contribution in [0, 0.1) is 5.92 Å². The molecule has 0 spiro atoms. The quantitative estimate of drug-likeness (QED) is 0.123. The second-order valence-corrected chi connectivity index (χ2v) is 13.1. The van der Waals surface area contributed by atoms with Crippen molar-refractivity contribution in [2.75, 3.05) is 26.7 Å². The average molecular weight is 703 g/mol. The van der Waals surface area contributed by atoms with Crippen molar-refractivity contribution in [1.82, 2.24) is 25.4 Å². The molecule has 2 aromatic carbocycles. The van der Waals surface area contributed by atoms with Gasteiger partial charge in [-0.1, -0.05) is 48.5 Å². The number of primary amides is 1. The van der Waals surface area contributed by atoms with Crippen LogP contribution >= 0.6 is 0 Å². The number of amides is 5. The molecule has 4 rings (SSSR count). The first-order valence-corrected chi connectivity index (χ1v) is 17.7. The van der Waals surface area contributed by atoms with Crippen molar-refractivity contribution in [3.63, 3.8) is 0 Å². The van der Waals surface area contributed by atoms with Crippen molar-refractivity contribution in [2.24, 2.45) is 11.7 Å². The number of carbonyl (C=O) groups is 6. The van der Waals surface area contributed by atoms with Crippen LogP contribution in [0.25, 0.3) is 10.9 Å². The van der Waals surface area contributed by atoms with Crippen LogP contribution in [0.15, 0.2) is 60.8 Å². The molecule has 274 valence electrons. The van der Waals surface area contributed by atoms with E-state index in [4.69, 9.17) is 10.5 Å². The van der Waals surface area contributed by atoms with Gasteiger partial charge in [-0.25, -0.2) is 4.79 Å². The van der Waals surface area contributed by atoms with Crippen molar-refractivity contribution in [1.29, 1.82) is 0 Å².